The molecule has 0 saturated carbocycles. The molecular weight excluding hydrogens is 228 g/mol. The second kappa shape index (κ2) is 6.98. The molecule has 1 amide bonds. The van der Waals surface area contributed by atoms with Crippen LogP contribution in [0.15, 0.2) is 0 Å². The average Bonchev–Trinajstić information content (AvgIpc) is 2.24. The van der Waals surface area contributed by atoms with Crippen LogP contribution in [0, 0.1) is 5.92 Å². The topological polar surface area (TPSA) is 50.4 Å². The van der Waals surface area contributed by atoms with Crippen LogP contribution < -0.4 is 10.6 Å². The lowest BCUT2D eigenvalue weighted by Gasteiger charge is -2.30. The van der Waals surface area contributed by atoms with E-state index in [2.05, 4.69) is 17.6 Å². The Labute approximate surface area is 111 Å². The molecular formula is C14H28N2O2. The van der Waals surface area contributed by atoms with Crippen molar-refractivity contribution in [3.05, 3.63) is 0 Å². The van der Waals surface area contributed by atoms with Gasteiger partial charge in [0, 0.05) is 12.6 Å². The number of rotatable bonds is 4. The van der Waals surface area contributed by atoms with Crippen molar-refractivity contribution in [2.75, 3.05) is 13.1 Å². The minimum absolute atomic E-state index is 0.313. The second-order valence-electron chi connectivity index (χ2n) is 6.25. The van der Waals surface area contributed by atoms with Crippen molar-refractivity contribution in [3.63, 3.8) is 0 Å². The highest BCUT2D eigenvalue weighted by atomic mass is 16.6. The molecule has 1 aliphatic heterocycles. The first kappa shape index (κ1) is 15.3. The van der Waals surface area contributed by atoms with E-state index in [4.69, 9.17) is 4.74 Å². The van der Waals surface area contributed by atoms with Crippen molar-refractivity contribution < 1.29 is 9.53 Å². The lowest BCUT2D eigenvalue weighted by molar-refractivity contribution is 0.0526. The number of carbonyl (C=O) groups excluding carboxylic acids is 1. The Bertz CT molecular complexity index is 261. The molecule has 18 heavy (non-hydrogen) atoms. The van der Waals surface area contributed by atoms with Crippen LogP contribution in [-0.2, 0) is 4.74 Å². The summed E-state index contributed by atoms with van der Waals surface area (Å²) in [7, 11) is 0. The van der Waals surface area contributed by atoms with Crippen LogP contribution in [0.3, 0.4) is 0 Å². The first-order valence-electron chi connectivity index (χ1n) is 7.09. The monoisotopic (exact) mass is 256 g/mol. The van der Waals surface area contributed by atoms with Crippen LogP contribution in [0.1, 0.15) is 53.4 Å². The highest BCUT2D eigenvalue weighted by molar-refractivity contribution is 5.67. The van der Waals surface area contributed by atoms with Gasteiger partial charge in [0.05, 0.1) is 0 Å². The summed E-state index contributed by atoms with van der Waals surface area (Å²) in [6.07, 6.45) is 4.41. The van der Waals surface area contributed by atoms with Gasteiger partial charge in [-0.15, -0.1) is 0 Å². The van der Waals surface area contributed by atoms with Gasteiger partial charge in [-0.05, 0) is 58.9 Å². The number of hydrogen-bond acceptors (Lipinski definition) is 3. The SMILES string of the molecule is CC1CCCNC1CCCNC(=O)OC(C)(C)C. The molecule has 0 aromatic heterocycles. The molecule has 4 heteroatoms. The van der Waals surface area contributed by atoms with Gasteiger partial charge in [0.1, 0.15) is 5.60 Å². The van der Waals surface area contributed by atoms with E-state index >= 15 is 0 Å². The molecule has 2 N–H and O–H groups in total. The lowest BCUT2D eigenvalue weighted by atomic mass is 9.90. The van der Waals surface area contributed by atoms with Gasteiger partial charge < -0.3 is 15.4 Å². The highest BCUT2D eigenvalue weighted by Gasteiger charge is 2.20. The number of nitrogens with one attached hydrogen (secondary N) is 2. The predicted octanol–water partition coefficient (Wildman–Crippen LogP) is 2.68. The average molecular weight is 256 g/mol. The highest BCUT2D eigenvalue weighted by Crippen LogP contribution is 2.18. The van der Waals surface area contributed by atoms with Crippen LogP contribution in [0.4, 0.5) is 4.79 Å². The van der Waals surface area contributed by atoms with Gasteiger partial charge >= 0.3 is 6.09 Å². The fourth-order valence-corrected chi connectivity index (χ4v) is 2.33. The van der Waals surface area contributed by atoms with Gasteiger partial charge in [-0.3, -0.25) is 0 Å². The summed E-state index contributed by atoms with van der Waals surface area (Å²) in [5.74, 6) is 0.750. The van der Waals surface area contributed by atoms with E-state index in [-0.39, 0.29) is 6.09 Å². The molecule has 0 aromatic rings. The minimum Gasteiger partial charge on any atom is -0.444 e. The fourth-order valence-electron chi connectivity index (χ4n) is 2.33. The van der Waals surface area contributed by atoms with Crippen molar-refractivity contribution in [3.8, 4) is 0 Å². The van der Waals surface area contributed by atoms with Crippen LogP contribution in [-0.4, -0.2) is 30.8 Å². The molecule has 1 heterocycles. The number of alkyl carbamates (subject to hydrolysis) is 1. The van der Waals surface area contributed by atoms with Gasteiger partial charge in [0.2, 0.25) is 0 Å². The van der Waals surface area contributed by atoms with Crippen molar-refractivity contribution in [2.24, 2.45) is 5.92 Å². The van der Waals surface area contributed by atoms with Crippen molar-refractivity contribution in [1.29, 1.82) is 0 Å². The molecule has 0 aliphatic carbocycles. The molecule has 106 valence electrons. The first-order valence-corrected chi connectivity index (χ1v) is 7.09. The van der Waals surface area contributed by atoms with Crippen LogP contribution in [0.5, 0.6) is 0 Å². The van der Waals surface area contributed by atoms with Gasteiger partial charge in [-0.1, -0.05) is 6.92 Å². The fraction of sp³-hybridized carbons (Fsp3) is 0.929. The molecule has 1 rings (SSSR count). The third kappa shape index (κ3) is 6.24. The van der Waals surface area contributed by atoms with Crippen LogP contribution in [0.2, 0.25) is 0 Å². The molecule has 1 fully saturated rings. The van der Waals surface area contributed by atoms with Crippen LogP contribution in [0.25, 0.3) is 0 Å². The van der Waals surface area contributed by atoms with E-state index in [9.17, 15) is 4.79 Å². The molecule has 1 aliphatic rings. The Balaban J connectivity index is 2.09. The Kier molecular flexibility index (Phi) is 5.93. The number of hydrogen-bond donors (Lipinski definition) is 2. The van der Waals surface area contributed by atoms with E-state index in [1.54, 1.807) is 0 Å². The van der Waals surface area contributed by atoms with Gasteiger partial charge in [-0.25, -0.2) is 4.79 Å². The van der Waals surface area contributed by atoms with E-state index in [0.717, 1.165) is 25.3 Å². The van der Waals surface area contributed by atoms with Crippen molar-refractivity contribution >= 4 is 6.09 Å². The summed E-state index contributed by atoms with van der Waals surface area (Å²) in [5.41, 5.74) is -0.413. The van der Waals surface area contributed by atoms with E-state index in [0.29, 0.717) is 12.6 Å². The molecule has 0 aromatic carbocycles. The maximum Gasteiger partial charge on any atom is 0.407 e. The summed E-state index contributed by atoms with van der Waals surface area (Å²) in [6.45, 7) is 9.76. The quantitative estimate of drug-likeness (QED) is 0.760. The maximum absolute atomic E-state index is 11.4. The summed E-state index contributed by atoms with van der Waals surface area (Å²) >= 11 is 0. The number of carbonyl (C=O) groups is 1. The summed E-state index contributed by atoms with van der Waals surface area (Å²) < 4.78 is 5.19. The Hall–Kier alpha value is -0.770. The second-order valence-corrected chi connectivity index (χ2v) is 6.25. The summed E-state index contributed by atoms with van der Waals surface area (Å²) in [6, 6.07) is 0.610. The Morgan fingerprint density at radius 2 is 2.17 bits per heavy atom. The van der Waals surface area contributed by atoms with Crippen molar-refractivity contribution in [1.82, 2.24) is 10.6 Å². The standard InChI is InChI=1S/C14H28N2O2/c1-11-7-5-9-15-12(11)8-6-10-16-13(17)18-14(2,3)4/h11-12,15H,5-10H2,1-4H3,(H,16,17). The number of amides is 1. The first-order chi connectivity index (χ1) is 8.38. The van der Waals surface area contributed by atoms with E-state index in [1.165, 1.54) is 12.8 Å². The van der Waals surface area contributed by atoms with Gasteiger partial charge in [-0.2, -0.15) is 0 Å². The zero-order valence-corrected chi connectivity index (χ0v) is 12.2. The van der Waals surface area contributed by atoms with Crippen LogP contribution >= 0.6 is 0 Å². The predicted molar refractivity (Wildman–Crippen MR) is 73.7 cm³/mol. The molecule has 1 saturated heterocycles. The van der Waals surface area contributed by atoms with E-state index < -0.39 is 5.60 Å². The molecule has 0 radical (unpaired) electrons. The normalized spacial score (nSPS) is 24.7. The maximum atomic E-state index is 11.4. The third-order valence-corrected chi connectivity index (χ3v) is 3.29. The zero-order valence-electron chi connectivity index (χ0n) is 12.2. The zero-order chi connectivity index (χ0) is 13.6. The smallest absolute Gasteiger partial charge is 0.407 e. The lowest BCUT2D eigenvalue weighted by Crippen LogP contribution is -2.40. The van der Waals surface area contributed by atoms with Crippen molar-refractivity contribution in [2.45, 2.75) is 65.0 Å². The molecule has 0 spiro atoms. The Morgan fingerprint density at radius 3 is 2.78 bits per heavy atom. The summed E-state index contributed by atoms with van der Waals surface area (Å²) in [5, 5.41) is 6.36. The molecule has 4 nitrogen and oxygen atoms in total. The Morgan fingerprint density at radius 1 is 1.44 bits per heavy atom. The summed E-state index contributed by atoms with van der Waals surface area (Å²) in [4.78, 5) is 11.4. The van der Waals surface area contributed by atoms with Gasteiger partial charge in [0.15, 0.2) is 0 Å². The molecule has 2 atom stereocenters. The minimum atomic E-state index is -0.413. The third-order valence-electron chi connectivity index (χ3n) is 3.29. The van der Waals surface area contributed by atoms with E-state index in [1.807, 2.05) is 20.8 Å². The largest absolute Gasteiger partial charge is 0.444 e. The molecule has 0 bridgehead atoms. The molecule has 2 unspecified atom stereocenters. The number of piperidine rings is 1. The van der Waals surface area contributed by atoms with Gasteiger partial charge in [0.25, 0.3) is 0 Å². The number of ether oxygens (including phenoxy) is 1.